The van der Waals surface area contributed by atoms with Crippen LogP contribution in [-0.2, 0) is 4.79 Å². The molecule has 26 heavy (non-hydrogen) atoms. The number of halogens is 2. The molecule has 3 unspecified atom stereocenters. The molecule has 1 saturated carbocycles. The Bertz CT molecular complexity index is 735. The summed E-state index contributed by atoms with van der Waals surface area (Å²) in [5.41, 5.74) is 0.257. The van der Waals surface area contributed by atoms with Crippen LogP contribution in [0.5, 0.6) is 0 Å². The monoisotopic (exact) mass is 397 g/mol. The molecule has 1 aliphatic heterocycles. The Morgan fingerprint density at radius 3 is 2.38 bits per heavy atom. The van der Waals surface area contributed by atoms with Crippen molar-refractivity contribution in [2.24, 2.45) is 11.8 Å². The Hall–Kier alpha value is -1.79. The second-order valence-electron chi connectivity index (χ2n) is 7.18. The van der Waals surface area contributed by atoms with Gasteiger partial charge in [0.05, 0.1) is 5.69 Å². The summed E-state index contributed by atoms with van der Waals surface area (Å²) in [6, 6.07) is 3.22. The van der Waals surface area contributed by atoms with E-state index in [1.165, 1.54) is 18.2 Å². The van der Waals surface area contributed by atoms with Crippen molar-refractivity contribution in [3.8, 4) is 0 Å². The molecular formula is C18H21Cl2N3O3. The molecule has 3 atom stereocenters. The summed E-state index contributed by atoms with van der Waals surface area (Å²) in [6.07, 6.45) is 2.94. The minimum atomic E-state index is -0.692. The number of benzene rings is 1. The molecule has 140 valence electrons. The molecule has 0 bridgehead atoms. The third kappa shape index (κ3) is 3.81. The van der Waals surface area contributed by atoms with Crippen LogP contribution < -0.4 is 10.2 Å². The first-order chi connectivity index (χ1) is 12.3. The molecule has 6 nitrogen and oxygen atoms in total. The number of amides is 5. The quantitative estimate of drug-likeness (QED) is 0.756. The first-order valence-corrected chi connectivity index (χ1v) is 9.43. The van der Waals surface area contributed by atoms with Gasteiger partial charge in [0, 0.05) is 16.1 Å². The van der Waals surface area contributed by atoms with E-state index in [0.29, 0.717) is 21.9 Å². The van der Waals surface area contributed by atoms with Gasteiger partial charge in [0.15, 0.2) is 0 Å². The lowest BCUT2D eigenvalue weighted by molar-refractivity contribution is -0.116. The van der Waals surface area contributed by atoms with Crippen LogP contribution in [0.3, 0.4) is 0 Å². The van der Waals surface area contributed by atoms with Gasteiger partial charge >= 0.3 is 12.1 Å². The summed E-state index contributed by atoms with van der Waals surface area (Å²) in [6.45, 7) is 4.00. The first-order valence-electron chi connectivity index (χ1n) is 8.67. The minimum absolute atomic E-state index is 0.0104. The fraction of sp³-hybridized carbons (Fsp3) is 0.500. The summed E-state index contributed by atoms with van der Waals surface area (Å²) in [7, 11) is 0. The predicted octanol–water partition coefficient (Wildman–Crippen LogP) is 4.30. The molecule has 0 spiro atoms. The number of carbonyl (C=O) groups excluding carboxylic acids is 3. The zero-order valence-corrected chi connectivity index (χ0v) is 16.2. The summed E-state index contributed by atoms with van der Waals surface area (Å²) in [5.74, 6) is 0.476. The Kier molecular flexibility index (Phi) is 5.44. The van der Waals surface area contributed by atoms with Crippen LogP contribution in [0.25, 0.3) is 0 Å². The van der Waals surface area contributed by atoms with Gasteiger partial charge in [-0.25, -0.2) is 19.4 Å². The zero-order chi connectivity index (χ0) is 19.0. The van der Waals surface area contributed by atoms with Crippen molar-refractivity contribution in [2.75, 3.05) is 11.4 Å². The van der Waals surface area contributed by atoms with Crippen LogP contribution in [0.15, 0.2) is 18.2 Å². The molecule has 2 aliphatic rings. The number of nitrogens with one attached hydrogen (secondary N) is 1. The summed E-state index contributed by atoms with van der Waals surface area (Å²) >= 11 is 11.9. The van der Waals surface area contributed by atoms with Crippen molar-refractivity contribution in [3.05, 3.63) is 28.2 Å². The number of anilines is 1. The minimum Gasteiger partial charge on any atom is -0.335 e. The second kappa shape index (κ2) is 7.45. The van der Waals surface area contributed by atoms with Crippen molar-refractivity contribution in [1.29, 1.82) is 0 Å². The van der Waals surface area contributed by atoms with Crippen molar-refractivity contribution in [2.45, 2.75) is 39.2 Å². The fourth-order valence-corrected chi connectivity index (χ4v) is 4.21. The van der Waals surface area contributed by atoms with Crippen LogP contribution in [0.4, 0.5) is 15.3 Å². The average molecular weight is 398 g/mol. The van der Waals surface area contributed by atoms with Crippen molar-refractivity contribution in [1.82, 2.24) is 10.2 Å². The van der Waals surface area contributed by atoms with Crippen LogP contribution in [-0.4, -0.2) is 35.5 Å². The third-order valence-electron chi connectivity index (χ3n) is 5.06. The first kappa shape index (κ1) is 19.0. The lowest BCUT2D eigenvalue weighted by Gasteiger charge is -2.33. The maximum atomic E-state index is 12.6. The van der Waals surface area contributed by atoms with Gasteiger partial charge in [-0.2, -0.15) is 0 Å². The molecule has 1 aromatic rings. The number of nitrogens with zero attached hydrogens (tertiary/aromatic N) is 2. The summed E-state index contributed by atoms with van der Waals surface area (Å²) < 4.78 is 0. The number of rotatable bonds is 2. The number of hydrogen-bond donors (Lipinski definition) is 1. The molecular weight excluding hydrogens is 377 g/mol. The molecule has 0 aromatic heterocycles. The molecule has 1 aliphatic carbocycles. The lowest BCUT2D eigenvalue weighted by atomic mass is 9.80. The second-order valence-corrected chi connectivity index (χ2v) is 8.05. The topological polar surface area (TPSA) is 69.7 Å². The van der Waals surface area contributed by atoms with E-state index in [4.69, 9.17) is 23.2 Å². The molecule has 1 aromatic carbocycles. The SMILES string of the molecule is CC1CCC(NC(=O)N2CC(=O)N(c3cc(Cl)cc(Cl)c3)C2=O)C(C)C1. The van der Waals surface area contributed by atoms with E-state index >= 15 is 0 Å². The summed E-state index contributed by atoms with van der Waals surface area (Å²) in [5, 5.41) is 3.53. The van der Waals surface area contributed by atoms with E-state index in [1.807, 2.05) is 0 Å². The Balaban J connectivity index is 1.73. The molecule has 5 amide bonds. The van der Waals surface area contributed by atoms with E-state index in [-0.39, 0.29) is 18.3 Å². The van der Waals surface area contributed by atoms with Crippen molar-refractivity contribution < 1.29 is 14.4 Å². The van der Waals surface area contributed by atoms with Gasteiger partial charge in [0.25, 0.3) is 5.91 Å². The normalized spacial score (nSPS) is 26.4. The molecule has 3 rings (SSSR count). The van der Waals surface area contributed by atoms with E-state index in [0.717, 1.165) is 29.1 Å². The van der Waals surface area contributed by atoms with Gasteiger partial charge in [0.2, 0.25) is 0 Å². The molecule has 1 heterocycles. The van der Waals surface area contributed by atoms with E-state index in [1.54, 1.807) is 0 Å². The predicted molar refractivity (Wildman–Crippen MR) is 101 cm³/mol. The maximum absolute atomic E-state index is 12.6. The van der Waals surface area contributed by atoms with Gasteiger partial charge in [-0.3, -0.25) is 4.79 Å². The molecule has 0 radical (unpaired) electrons. The van der Waals surface area contributed by atoms with Gasteiger partial charge in [0.1, 0.15) is 6.54 Å². The largest absolute Gasteiger partial charge is 0.340 e. The highest BCUT2D eigenvalue weighted by atomic mass is 35.5. The maximum Gasteiger partial charge on any atom is 0.340 e. The molecule has 2 fully saturated rings. The van der Waals surface area contributed by atoms with E-state index in [2.05, 4.69) is 19.2 Å². The highest BCUT2D eigenvalue weighted by Gasteiger charge is 2.42. The Morgan fingerprint density at radius 1 is 1.12 bits per heavy atom. The van der Waals surface area contributed by atoms with Crippen molar-refractivity contribution in [3.63, 3.8) is 0 Å². The highest BCUT2D eigenvalue weighted by molar-refractivity contribution is 6.35. The van der Waals surface area contributed by atoms with Crippen LogP contribution >= 0.6 is 23.2 Å². The van der Waals surface area contributed by atoms with Crippen LogP contribution in [0, 0.1) is 11.8 Å². The Morgan fingerprint density at radius 2 is 1.77 bits per heavy atom. The van der Waals surface area contributed by atoms with E-state index in [9.17, 15) is 14.4 Å². The van der Waals surface area contributed by atoms with Gasteiger partial charge in [-0.1, -0.05) is 37.0 Å². The standard InChI is InChI=1S/C18H21Cl2N3O3/c1-10-3-4-15(11(2)5-10)21-17(25)22-9-16(24)23(18(22)26)14-7-12(19)6-13(20)8-14/h6-8,10-11,15H,3-5,9H2,1-2H3,(H,21,25). The van der Waals surface area contributed by atoms with Gasteiger partial charge in [-0.05, 0) is 49.3 Å². The van der Waals surface area contributed by atoms with Crippen molar-refractivity contribution >= 4 is 46.9 Å². The number of imide groups is 2. The molecule has 1 N–H and O–H groups in total. The summed E-state index contributed by atoms with van der Waals surface area (Å²) in [4.78, 5) is 39.4. The van der Waals surface area contributed by atoms with Crippen LogP contribution in [0.1, 0.15) is 33.1 Å². The lowest BCUT2D eigenvalue weighted by Crippen LogP contribution is -2.49. The van der Waals surface area contributed by atoms with E-state index < -0.39 is 18.0 Å². The van der Waals surface area contributed by atoms with Gasteiger partial charge < -0.3 is 5.32 Å². The number of hydrogen-bond acceptors (Lipinski definition) is 3. The smallest absolute Gasteiger partial charge is 0.335 e. The molecule has 8 heteroatoms. The van der Waals surface area contributed by atoms with Gasteiger partial charge in [-0.15, -0.1) is 0 Å². The highest BCUT2D eigenvalue weighted by Crippen LogP contribution is 2.30. The number of urea groups is 2. The third-order valence-corrected chi connectivity index (χ3v) is 5.49. The zero-order valence-electron chi connectivity index (χ0n) is 14.7. The molecule has 1 saturated heterocycles. The fourth-order valence-electron chi connectivity index (χ4n) is 3.70. The Labute approximate surface area is 162 Å². The average Bonchev–Trinajstić information content (AvgIpc) is 2.84. The van der Waals surface area contributed by atoms with Crippen LogP contribution in [0.2, 0.25) is 10.0 Å². The number of carbonyl (C=O) groups is 3.